The maximum Gasteiger partial charge on any atom is 0.232 e. The molecule has 1 fully saturated rings. The van der Waals surface area contributed by atoms with Crippen LogP contribution in [0.15, 0.2) is 84.9 Å². The Balaban J connectivity index is 1.24. The minimum absolute atomic E-state index is 0.234. The molecule has 5 rings (SSSR count). The van der Waals surface area contributed by atoms with E-state index in [9.17, 15) is 0 Å². The third-order valence-electron chi connectivity index (χ3n) is 6.90. The van der Waals surface area contributed by atoms with Crippen LogP contribution in [0.2, 0.25) is 0 Å². The van der Waals surface area contributed by atoms with Gasteiger partial charge in [-0.25, -0.2) is 0 Å². The second-order valence-corrected chi connectivity index (χ2v) is 9.87. The second kappa shape index (κ2) is 11.5. The van der Waals surface area contributed by atoms with Gasteiger partial charge in [0.15, 0.2) is 0 Å². The number of hydrogen-bond donors (Lipinski definition) is 2. The first kappa shape index (κ1) is 24.9. The van der Waals surface area contributed by atoms with E-state index >= 15 is 0 Å². The molecule has 0 atom stereocenters. The largest absolute Gasteiger partial charge is 0.368 e. The van der Waals surface area contributed by atoms with E-state index in [1.165, 1.54) is 16.7 Å². The van der Waals surface area contributed by atoms with Crippen LogP contribution >= 0.6 is 0 Å². The molecule has 7 nitrogen and oxygen atoms in total. The van der Waals surface area contributed by atoms with Crippen molar-refractivity contribution < 1.29 is 0 Å². The van der Waals surface area contributed by atoms with Gasteiger partial charge in [-0.3, -0.25) is 9.80 Å². The van der Waals surface area contributed by atoms with Crippen molar-refractivity contribution in [1.82, 2.24) is 24.8 Å². The van der Waals surface area contributed by atoms with Crippen molar-refractivity contribution in [3.05, 3.63) is 107 Å². The van der Waals surface area contributed by atoms with E-state index in [1.54, 1.807) is 0 Å². The van der Waals surface area contributed by atoms with Crippen LogP contribution in [-0.4, -0.2) is 50.9 Å². The molecule has 2 heterocycles. The Bertz CT molecular complexity index is 1230. The predicted molar refractivity (Wildman–Crippen MR) is 150 cm³/mol. The molecule has 0 radical (unpaired) electrons. The normalized spacial score (nSPS) is 14.8. The van der Waals surface area contributed by atoms with Gasteiger partial charge in [0.25, 0.3) is 0 Å². The summed E-state index contributed by atoms with van der Waals surface area (Å²) < 4.78 is 0. The summed E-state index contributed by atoms with van der Waals surface area (Å²) in [4.78, 5) is 18.3. The molecule has 190 valence electrons. The number of anilines is 3. The number of rotatable bonds is 8. The molecule has 3 N–H and O–H groups in total. The Morgan fingerprint density at radius 3 is 1.89 bits per heavy atom. The van der Waals surface area contributed by atoms with Gasteiger partial charge in [0, 0.05) is 31.9 Å². The van der Waals surface area contributed by atoms with E-state index in [0.29, 0.717) is 24.2 Å². The third kappa shape index (κ3) is 6.31. The van der Waals surface area contributed by atoms with Crippen LogP contribution < -0.4 is 11.1 Å². The summed E-state index contributed by atoms with van der Waals surface area (Å²) in [5, 5.41) is 3.28. The zero-order chi connectivity index (χ0) is 25.6. The summed E-state index contributed by atoms with van der Waals surface area (Å²) in [6.45, 7) is 8.80. The molecular weight excluding hydrogens is 458 g/mol. The standard InChI is InChI=1S/C30H35N7/c1-22(2)23-13-15-26(16-14-23)32-30-34-27(33-29(31)35-30)21-36-17-19-37(20-18-36)28(24-9-5-3-6-10-24)25-11-7-4-8-12-25/h3-16,22,28H,17-21H2,1-2H3,(H3,31,32,33,34,35). The van der Waals surface area contributed by atoms with Gasteiger partial charge < -0.3 is 11.1 Å². The molecule has 0 saturated carbocycles. The highest BCUT2D eigenvalue weighted by Gasteiger charge is 2.26. The number of aromatic nitrogens is 3. The lowest BCUT2D eigenvalue weighted by Crippen LogP contribution is -2.47. The average Bonchev–Trinajstić information content (AvgIpc) is 2.91. The molecular formula is C30H35N7. The number of benzene rings is 3. The smallest absolute Gasteiger partial charge is 0.232 e. The van der Waals surface area contributed by atoms with Gasteiger partial charge in [0.1, 0.15) is 5.82 Å². The predicted octanol–water partition coefficient (Wildman–Crippen LogP) is 5.23. The molecule has 0 aliphatic carbocycles. The number of nitrogens with two attached hydrogens (primary N) is 1. The van der Waals surface area contributed by atoms with Gasteiger partial charge >= 0.3 is 0 Å². The fraction of sp³-hybridized carbons (Fsp3) is 0.300. The zero-order valence-electron chi connectivity index (χ0n) is 21.6. The maximum atomic E-state index is 6.04. The van der Waals surface area contributed by atoms with E-state index in [-0.39, 0.29) is 12.0 Å². The quantitative estimate of drug-likeness (QED) is 0.348. The Labute approximate surface area is 219 Å². The fourth-order valence-corrected chi connectivity index (χ4v) is 4.91. The minimum Gasteiger partial charge on any atom is -0.368 e. The Hall–Kier alpha value is -3.81. The number of nitrogens with zero attached hydrogens (tertiary/aromatic N) is 5. The molecule has 0 amide bonds. The van der Waals surface area contributed by atoms with E-state index < -0.39 is 0 Å². The van der Waals surface area contributed by atoms with Crippen LogP contribution in [0.1, 0.15) is 48.3 Å². The van der Waals surface area contributed by atoms with E-state index in [0.717, 1.165) is 31.9 Å². The first-order chi connectivity index (χ1) is 18.0. The summed E-state index contributed by atoms with van der Waals surface area (Å²) in [7, 11) is 0. The number of nitrogens with one attached hydrogen (secondary N) is 1. The van der Waals surface area contributed by atoms with Crippen LogP contribution in [0.5, 0.6) is 0 Å². The lowest BCUT2D eigenvalue weighted by molar-refractivity contribution is 0.103. The molecule has 1 aliphatic heterocycles. The van der Waals surface area contributed by atoms with E-state index in [4.69, 9.17) is 5.73 Å². The molecule has 37 heavy (non-hydrogen) atoms. The topological polar surface area (TPSA) is 83.2 Å². The minimum atomic E-state index is 0.234. The lowest BCUT2D eigenvalue weighted by atomic mass is 9.96. The van der Waals surface area contributed by atoms with Gasteiger partial charge in [0.2, 0.25) is 11.9 Å². The summed E-state index contributed by atoms with van der Waals surface area (Å²) in [5.41, 5.74) is 10.9. The van der Waals surface area contributed by atoms with Crippen molar-refractivity contribution >= 4 is 17.6 Å². The monoisotopic (exact) mass is 493 g/mol. The molecule has 0 unspecified atom stereocenters. The highest BCUT2D eigenvalue weighted by atomic mass is 15.3. The first-order valence-electron chi connectivity index (χ1n) is 13.0. The van der Waals surface area contributed by atoms with Gasteiger partial charge in [-0.05, 0) is 34.7 Å². The van der Waals surface area contributed by atoms with E-state index in [1.807, 2.05) is 12.1 Å². The van der Waals surface area contributed by atoms with Crippen molar-refractivity contribution in [2.75, 3.05) is 37.2 Å². The number of piperazine rings is 1. The Morgan fingerprint density at radius 1 is 0.730 bits per heavy atom. The zero-order valence-corrected chi connectivity index (χ0v) is 21.6. The van der Waals surface area contributed by atoms with E-state index in [2.05, 4.69) is 117 Å². The lowest BCUT2D eigenvalue weighted by Gasteiger charge is -2.39. The van der Waals surface area contributed by atoms with Gasteiger partial charge in [-0.1, -0.05) is 86.6 Å². The van der Waals surface area contributed by atoms with Crippen LogP contribution in [0.25, 0.3) is 0 Å². The molecule has 3 aromatic carbocycles. The van der Waals surface area contributed by atoms with Crippen molar-refractivity contribution in [3.8, 4) is 0 Å². The van der Waals surface area contributed by atoms with Crippen molar-refractivity contribution in [2.24, 2.45) is 0 Å². The second-order valence-electron chi connectivity index (χ2n) is 9.87. The molecule has 4 aromatic rings. The number of hydrogen-bond acceptors (Lipinski definition) is 7. The van der Waals surface area contributed by atoms with Crippen LogP contribution in [-0.2, 0) is 6.54 Å². The van der Waals surface area contributed by atoms with Crippen molar-refractivity contribution in [1.29, 1.82) is 0 Å². The Morgan fingerprint density at radius 2 is 1.32 bits per heavy atom. The first-order valence-corrected chi connectivity index (χ1v) is 13.0. The SMILES string of the molecule is CC(C)c1ccc(Nc2nc(N)nc(CN3CCN(C(c4ccccc4)c4ccccc4)CC3)n2)cc1. The summed E-state index contributed by atoms with van der Waals surface area (Å²) in [6.07, 6.45) is 0. The summed E-state index contributed by atoms with van der Waals surface area (Å²) in [6, 6.07) is 30.1. The van der Waals surface area contributed by atoms with Crippen LogP contribution in [0.4, 0.5) is 17.6 Å². The summed E-state index contributed by atoms with van der Waals surface area (Å²) in [5.74, 6) is 1.89. The van der Waals surface area contributed by atoms with Crippen molar-refractivity contribution in [2.45, 2.75) is 32.4 Å². The Kier molecular flexibility index (Phi) is 7.73. The third-order valence-corrected chi connectivity index (χ3v) is 6.90. The highest BCUT2D eigenvalue weighted by Crippen LogP contribution is 2.29. The van der Waals surface area contributed by atoms with Crippen molar-refractivity contribution in [3.63, 3.8) is 0 Å². The maximum absolute atomic E-state index is 6.04. The molecule has 1 aliphatic rings. The molecule has 1 saturated heterocycles. The highest BCUT2D eigenvalue weighted by molar-refractivity contribution is 5.54. The van der Waals surface area contributed by atoms with Gasteiger partial charge in [0.05, 0.1) is 12.6 Å². The van der Waals surface area contributed by atoms with Crippen LogP contribution in [0, 0.1) is 0 Å². The molecule has 7 heteroatoms. The average molecular weight is 494 g/mol. The van der Waals surface area contributed by atoms with Gasteiger partial charge in [-0.2, -0.15) is 15.0 Å². The molecule has 0 bridgehead atoms. The molecule has 0 spiro atoms. The number of nitrogen functional groups attached to an aromatic ring is 1. The fourth-order valence-electron chi connectivity index (χ4n) is 4.91. The van der Waals surface area contributed by atoms with Crippen LogP contribution in [0.3, 0.4) is 0 Å². The molecule has 1 aromatic heterocycles. The van der Waals surface area contributed by atoms with Gasteiger partial charge in [-0.15, -0.1) is 0 Å². The summed E-state index contributed by atoms with van der Waals surface area (Å²) >= 11 is 0.